The van der Waals surface area contributed by atoms with Crippen LogP contribution in [0.5, 0.6) is 0 Å². The number of fused-ring (bicyclic) bond motifs is 1. The second-order valence-corrected chi connectivity index (χ2v) is 6.99. The summed E-state index contributed by atoms with van der Waals surface area (Å²) in [6, 6.07) is 16.0. The lowest BCUT2D eigenvalue weighted by molar-refractivity contribution is 0.793. The fourth-order valence-electron chi connectivity index (χ4n) is 3.52. The normalized spacial score (nSPS) is 22.2. The molecule has 2 aliphatic carbocycles. The van der Waals surface area contributed by atoms with Crippen LogP contribution in [0.4, 0.5) is 0 Å². The van der Waals surface area contributed by atoms with E-state index < -0.39 is 0 Å². The van der Waals surface area contributed by atoms with Gasteiger partial charge >= 0.3 is 0 Å². The van der Waals surface area contributed by atoms with Gasteiger partial charge in [-0.05, 0) is 65.6 Å². The Balaban J connectivity index is 1.83. The SMILES string of the molecule is Clc1ccc(C(=C=C2C3CCCC23)c2ccc(Cl)cc2)cc1. The van der Waals surface area contributed by atoms with Crippen LogP contribution in [0.25, 0.3) is 5.57 Å². The first kappa shape index (κ1) is 14.2. The highest BCUT2D eigenvalue weighted by molar-refractivity contribution is 6.31. The topological polar surface area (TPSA) is 0 Å². The van der Waals surface area contributed by atoms with Crippen molar-refractivity contribution in [1.82, 2.24) is 0 Å². The number of hydrogen-bond acceptors (Lipinski definition) is 0. The third kappa shape index (κ3) is 2.63. The molecule has 2 aromatic carbocycles. The van der Waals surface area contributed by atoms with Crippen molar-refractivity contribution >= 4 is 28.8 Å². The Labute approximate surface area is 141 Å². The molecule has 2 atom stereocenters. The molecule has 4 rings (SSSR count). The first-order valence-corrected chi connectivity index (χ1v) is 8.50. The van der Waals surface area contributed by atoms with Crippen LogP contribution in [-0.2, 0) is 0 Å². The Morgan fingerprint density at radius 3 is 1.68 bits per heavy atom. The maximum absolute atomic E-state index is 6.03. The van der Waals surface area contributed by atoms with Gasteiger partial charge < -0.3 is 0 Å². The second-order valence-electron chi connectivity index (χ2n) is 6.11. The van der Waals surface area contributed by atoms with E-state index >= 15 is 0 Å². The number of benzene rings is 2. The smallest absolute Gasteiger partial charge is 0.0406 e. The summed E-state index contributed by atoms with van der Waals surface area (Å²) < 4.78 is 0. The van der Waals surface area contributed by atoms with E-state index in [2.05, 4.69) is 30.0 Å². The zero-order chi connectivity index (χ0) is 15.1. The maximum Gasteiger partial charge on any atom is 0.0406 e. The van der Waals surface area contributed by atoms with Crippen LogP contribution in [0.1, 0.15) is 30.4 Å². The Hall–Kier alpha value is -1.46. The summed E-state index contributed by atoms with van der Waals surface area (Å²) in [7, 11) is 0. The van der Waals surface area contributed by atoms with Crippen molar-refractivity contribution in [3.63, 3.8) is 0 Å². The maximum atomic E-state index is 6.03. The van der Waals surface area contributed by atoms with Crippen LogP contribution in [0.2, 0.25) is 10.0 Å². The molecule has 0 aromatic heterocycles. The van der Waals surface area contributed by atoms with Crippen molar-refractivity contribution in [2.45, 2.75) is 19.3 Å². The van der Waals surface area contributed by atoms with Crippen molar-refractivity contribution in [3.05, 3.63) is 81.0 Å². The Kier molecular flexibility index (Phi) is 3.62. The number of halogens is 2. The molecular weight excluding hydrogens is 311 g/mol. The molecule has 0 heterocycles. The van der Waals surface area contributed by atoms with Gasteiger partial charge in [-0.25, -0.2) is 0 Å². The minimum absolute atomic E-state index is 0.759. The third-order valence-electron chi connectivity index (χ3n) is 4.74. The van der Waals surface area contributed by atoms with E-state index in [0.717, 1.165) is 38.6 Å². The second kappa shape index (κ2) is 5.63. The van der Waals surface area contributed by atoms with Crippen LogP contribution in [0.3, 0.4) is 0 Å². The van der Waals surface area contributed by atoms with E-state index in [1.165, 1.54) is 24.8 Å². The molecular formula is C20H16Cl2. The van der Waals surface area contributed by atoms with E-state index in [1.807, 2.05) is 24.3 Å². The summed E-state index contributed by atoms with van der Waals surface area (Å²) in [5.74, 6) is 1.57. The number of hydrogen-bond donors (Lipinski definition) is 0. The average Bonchev–Trinajstić information content (AvgIpc) is 2.94. The molecule has 0 saturated heterocycles. The molecule has 0 spiro atoms. The summed E-state index contributed by atoms with van der Waals surface area (Å²) in [5, 5.41) is 1.52. The third-order valence-corrected chi connectivity index (χ3v) is 5.24. The van der Waals surface area contributed by atoms with Crippen LogP contribution in [-0.4, -0.2) is 0 Å². The van der Waals surface area contributed by atoms with E-state index in [4.69, 9.17) is 23.2 Å². The van der Waals surface area contributed by atoms with Gasteiger partial charge in [0.1, 0.15) is 0 Å². The first-order valence-electron chi connectivity index (χ1n) is 7.75. The largest absolute Gasteiger partial charge is 0.112 e. The Bertz CT molecular complexity index is 703. The van der Waals surface area contributed by atoms with Crippen molar-refractivity contribution in [2.24, 2.45) is 11.8 Å². The molecule has 2 unspecified atom stereocenters. The zero-order valence-corrected chi connectivity index (χ0v) is 13.7. The van der Waals surface area contributed by atoms with Gasteiger partial charge in [0.05, 0.1) is 0 Å². The van der Waals surface area contributed by atoms with Crippen molar-refractivity contribution in [1.29, 1.82) is 0 Å². The van der Waals surface area contributed by atoms with E-state index in [1.54, 1.807) is 0 Å². The molecule has 2 aliphatic rings. The van der Waals surface area contributed by atoms with E-state index in [-0.39, 0.29) is 0 Å². The van der Waals surface area contributed by atoms with Crippen LogP contribution < -0.4 is 0 Å². The minimum Gasteiger partial charge on any atom is -0.112 e. The molecule has 0 nitrogen and oxygen atoms in total. The fourth-order valence-corrected chi connectivity index (χ4v) is 3.78. The minimum atomic E-state index is 0.759. The molecule has 110 valence electrons. The van der Waals surface area contributed by atoms with Crippen molar-refractivity contribution < 1.29 is 0 Å². The molecule has 0 radical (unpaired) electrons. The Morgan fingerprint density at radius 1 is 0.773 bits per heavy atom. The molecule has 2 saturated carbocycles. The summed E-state index contributed by atoms with van der Waals surface area (Å²) in [4.78, 5) is 0. The van der Waals surface area contributed by atoms with E-state index in [9.17, 15) is 0 Å². The monoisotopic (exact) mass is 326 g/mol. The fraction of sp³-hybridized carbons (Fsp3) is 0.250. The van der Waals surface area contributed by atoms with Crippen LogP contribution in [0, 0.1) is 11.8 Å². The van der Waals surface area contributed by atoms with Gasteiger partial charge in [-0.15, -0.1) is 5.73 Å². The quantitative estimate of drug-likeness (QED) is 0.561. The Morgan fingerprint density at radius 2 is 1.23 bits per heavy atom. The summed E-state index contributed by atoms with van der Waals surface area (Å²) in [6.45, 7) is 0. The van der Waals surface area contributed by atoms with Crippen molar-refractivity contribution in [3.8, 4) is 0 Å². The molecule has 0 aliphatic heterocycles. The van der Waals surface area contributed by atoms with Crippen LogP contribution in [0.15, 0.2) is 59.8 Å². The standard InChI is InChI=1S/C20H16Cl2/c21-15-8-4-13(5-9-15)19(14-6-10-16(22)11-7-14)12-20-17-2-1-3-18(17)20/h4-11,17-18H,1-3H2. The molecule has 2 fully saturated rings. The highest BCUT2D eigenvalue weighted by Gasteiger charge is 2.47. The highest BCUT2D eigenvalue weighted by atomic mass is 35.5. The first-order chi connectivity index (χ1) is 10.7. The molecule has 0 N–H and O–H groups in total. The summed E-state index contributed by atoms with van der Waals surface area (Å²) in [5.41, 5.74) is 8.68. The van der Waals surface area contributed by atoms with Gasteiger partial charge in [-0.3, -0.25) is 0 Å². The van der Waals surface area contributed by atoms with Gasteiger partial charge in [0, 0.05) is 15.6 Å². The van der Waals surface area contributed by atoms with Gasteiger partial charge in [0.2, 0.25) is 0 Å². The summed E-state index contributed by atoms with van der Waals surface area (Å²) in [6.07, 6.45) is 4.04. The van der Waals surface area contributed by atoms with Crippen LogP contribution >= 0.6 is 23.2 Å². The average molecular weight is 327 g/mol. The van der Waals surface area contributed by atoms with Gasteiger partial charge in [-0.1, -0.05) is 53.9 Å². The predicted molar refractivity (Wildman–Crippen MR) is 93.3 cm³/mol. The number of rotatable bonds is 2. The molecule has 0 bridgehead atoms. The molecule has 0 amide bonds. The van der Waals surface area contributed by atoms with Gasteiger partial charge in [0.15, 0.2) is 0 Å². The highest BCUT2D eigenvalue weighted by Crippen LogP contribution is 2.56. The lowest BCUT2D eigenvalue weighted by Crippen LogP contribution is -1.87. The number of allylic oxidation sites excluding steroid dienone is 1. The molecule has 22 heavy (non-hydrogen) atoms. The van der Waals surface area contributed by atoms with Crippen molar-refractivity contribution in [2.75, 3.05) is 0 Å². The van der Waals surface area contributed by atoms with E-state index in [0.29, 0.717) is 0 Å². The van der Waals surface area contributed by atoms with Gasteiger partial charge in [-0.2, -0.15) is 0 Å². The zero-order valence-electron chi connectivity index (χ0n) is 12.2. The molecule has 2 heteroatoms. The summed E-state index contributed by atoms with van der Waals surface area (Å²) >= 11 is 12.1. The lowest BCUT2D eigenvalue weighted by Gasteiger charge is -2.06. The lowest BCUT2D eigenvalue weighted by atomic mass is 9.98. The molecule has 2 aromatic rings. The van der Waals surface area contributed by atoms with Gasteiger partial charge in [0.25, 0.3) is 0 Å². The predicted octanol–water partition coefficient (Wildman–Crippen LogP) is 6.38.